The Morgan fingerprint density at radius 2 is 1.94 bits per heavy atom. The quantitative estimate of drug-likeness (QED) is 0.642. The Kier molecular flexibility index (Phi) is 6.19. The maximum Gasteiger partial charge on any atom is 0.339 e. The SMILES string of the molecule is CN(CCN1CCCCC1)C(=O)C1CCC2(CC1)OC(=O)c1cc(-c3cccnc3)ccc12. The third-order valence-electron chi connectivity index (χ3n) is 7.73. The van der Waals surface area contributed by atoms with E-state index in [0.29, 0.717) is 18.4 Å². The van der Waals surface area contributed by atoms with Crippen LogP contribution in [0.5, 0.6) is 0 Å². The van der Waals surface area contributed by atoms with Crippen LogP contribution < -0.4 is 0 Å². The van der Waals surface area contributed by atoms with Gasteiger partial charge in [-0.2, -0.15) is 0 Å². The molecule has 1 aromatic carbocycles. The lowest BCUT2D eigenvalue weighted by molar-refractivity contribution is -0.137. The summed E-state index contributed by atoms with van der Waals surface area (Å²) in [6.45, 7) is 4.06. The molecule has 1 spiro atoms. The van der Waals surface area contributed by atoms with Crippen LogP contribution in [0, 0.1) is 5.92 Å². The topological polar surface area (TPSA) is 62.7 Å². The van der Waals surface area contributed by atoms with Crippen molar-refractivity contribution in [3.8, 4) is 11.1 Å². The summed E-state index contributed by atoms with van der Waals surface area (Å²) in [7, 11) is 1.93. The van der Waals surface area contributed by atoms with Crippen LogP contribution in [0.2, 0.25) is 0 Å². The number of esters is 1. The molecular formula is C27H33N3O3. The van der Waals surface area contributed by atoms with Crippen molar-refractivity contribution in [3.05, 3.63) is 53.9 Å². The maximum atomic E-state index is 13.1. The molecule has 2 fully saturated rings. The number of aromatic nitrogens is 1. The molecule has 1 amide bonds. The van der Waals surface area contributed by atoms with Gasteiger partial charge in [0.2, 0.25) is 5.91 Å². The Balaban J connectivity index is 1.22. The number of hydrogen-bond donors (Lipinski definition) is 0. The van der Waals surface area contributed by atoms with Crippen molar-refractivity contribution in [3.63, 3.8) is 0 Å². The van der Waals surface area contributed by atoms with Crippen molar-refractivity contribution in [1.29, 1.82) is 0 Å². The number of pyridine rings is 1. The van der Waals surface area contributed by atoms with Gasteiger partial charge < -0.3 is 14.5 Å². The van der Waals surface area contributed by atoms with E-state index >= 15 is 0 Å². The number of carbonyl (C=O) groups excluding carboxylic acids is 2. The van der Waals surface area contributed by atoms with E-state index in [9.17, 15) is 9.59 Å². The van der Waals surface area contributed by atoms with Gasteiger partial charge in [-0.1, -0.05) is 24.6 Å². The molecule has 3 heterocycles. The molecule has 5 rings (SSSR count). The minimum Gasteiger partial charge on any atom is -0.451 e. The molecule has 1 aromatic heterocycles. The number of likely N-dealkylation sites (tertiary alicyclic amines) is 1. The van der Waals surface area contributed by atoms with Crippen molar-refractivity contribution in [2.24, 2.45) is 5.92 Å². The minimum atomic E-state index is -0.580. The molecule has 1 saturated heterocycles. The predicted octanol–water partition coefficient (Wildman–Crippen LogP) is 4.25. The Bertz CT molecular complexity index is 1010. The summed E-state index contributed by atoms with van der Waals surface area (Å²) < 4.78 is 5.98. The summed E-state index contributed by atoms with van der Waals surface area (Å²) in [5.74, 6) is -0.00287. The molecule has 33 heavy (non-hydrogen) atoms. The Labute approximate surface area is 195 Å². The van der Waals surface area contributed by atoms with E-state index < -0.39 is 5.60 Å². The lowest BCUT2D eigenvalue weighted by atomic mass is 9.74. The summed E-state index contributed by atoms with van der Waals surface area (Å²) in [5.41, 5.74) is 3.00. The third-order valence-corrected chi connectivity index (χ3v) is 7.73. The largest absolute Gasteiger partial charge is 0.451 e. The van der Waals surface area contributed by atoms with E-state index in [2.05, 4.69) is 9.88 Å². The highest BCUT2D eigenvalue weighted by molar-refractivity contribution is 5.96. The van der Waals surface area contributed by atoms with Crippen molar-refractivity contribution in [1.82, 2.24) is 14.8 Å². The molecule has 1 saturated carbocycles. The molecule has 2 aromatic rings. The van der Waals surface area contributed by atoms with Crippen LogP contribution in [-0.4, -0.2) is 59.9 Å². The van der Waals surface area contributed by atoms with Crippen LogP contribution in [0.25, 0.3) is 11.1 Å². The number of fused-ring (bicyclic) bond motifs is 2. The molecule has 2 aliphatic heterocycles. The standard InChI is InChI=1S/C27H33N3O3/c1-29(16-17-30-14-3-2-4-15-30)25(31)20-9-11-27(12-10-20)24-8-7-21(18-23(24)26(32)33-27)22-6-5-13-28-19-22/h5-8,13,18-20H,2-4,9-12,14-17H2,1H3. The number of rotatable bonds is 5. The number of nitrogens with zero attached hydrogens (tertiary/aromatic N) is 3. The van der Waals surface area contributed by atoms with Crippen molar-refractivity contribution < 1.29 is 14.3 Å². The number of ether oxygens (including phenoxy) is 1. The Morgan fingerprint density at radius 3 is 2.67 bits per heavy atom. The highest BCUT2D eigenvalue weighted by Crippen LogP contribution is 2.49. The lowest BCUT2D eigenvalue weighted by Gasteiger charge is -2.37. The Morgan fingerprint density at radius 1 is 1.15 bits per heavy atom. The van der Waals surface area contributed by atoms with Crippen LogP contribution in [0.1, 0.15) is 60.9 Å². The number of carbonyl (C=O) groups is 2. The van der Waals surface area contributed by atoms with Crippen molar-refractivity contribution in [2.75, 3.05) is 33.2 Å². The average molecular weight is 448 g/mol. The number of likely N-dealkylation sites (N-methyl/N-ethyl adjacent to an activating group) is 1. The maximum absolute atomic E-state index is 13.1. The van der Waals surface area contributed by atoms with Gasteiger partial charge in [-0.25, -0.2) is 4.79 Å². The fourth-order valence-corrected chi connectivity index (χ4v) is 5.71. The summed E-state index contributed by atoms with van der Waals surface area (Å²) in [6, 6.07) is 9.89. The summed E-state index contributed by atoms with van der Waals surface area (Å²) >= 11 is 0. The summed E-state index contributed by atoms with van der Waals surface area (Å²) in [4.78, 5) is 34.4. The average Bonchev–Trinajstić information content (AvgIpc) is 3.14. The first-order valence-corrected chi connectivity index (χ1v) is 12.3. The Hall–Kier alpha value is -2.73. The van der Waals surface area contributed by atoms with Gasteiger partial charge in [-0.05, 0) is 69.3 Å². The molecular weight excluding hydrogens is 414 g/mol. The molecule has 6 heteroatoms. The van der Waals surface area contributed by atoms with Crippen molar-refractivity contribution in [2.45, 2.75) is 50.5 Å². The molecule has 3 aliphatic rings. The van der Waals surface area contributed by atoms with E-state index in [-0.39, 0.29) is 17.8 Å². The second kappa shape index (κ2) is 9.26. The molecule has 0 atom stereocenters. The number of hydrogen-bond acceptors (Lipinski definition) is 5. The zero-order valence-electron chi connectivity index (χ0n) is 19.5. The molecule has 6 nitrogen and oxygen atoms in total. The van der Waals surface area contributed by atoms with E-state index in [1.165, 1.54) is 19.3 Å². The first-order chi connectivity index (χ1) is 16.1. The fraction of sp³-hybridized carbons (Fsp3) is 0.519. The molecule has 1 aliphatic carbocycles. The van der Waals surface area contributed by atoms with Gasteiger partial charge in [0, 0.05) is 49.6 Å². The zero-order valence-corrected chi connectivity index (χ0v) is 19.5. The summed E-state index contributed by atoms with van der Waals surface area (Å²) in [6.07, 6.45) is 10.3. The van der Waals surface area contributed by atoms with Gasteiger partial charge in [0.05, 0.1) is 5.56 Å². The van der Waals surface area contributed by atoms with E-state index in [4.69, 9.17) is 4.74 Å². The predicted molar refractivity (Wildman–Crippen MR) is 127 cm³/mol. The normalized spacial score (nSPS) is 25.0. The molecule has 0 radical (unpaired) electrons. The number of piperidine rings is 1. The van der Waals surface area contributed by atoms with Crippen LogP contribution in [0.15, 0.2) is 42.7 Å². The van der Waals surface area contributed by atoms with E-state index in [1.807, 2.05) is 42.3 Å². The second-order valence-electron chi connectivity index (χ2n) is 9.82. The smallest absolute Gasteiger partial charge is 0.339 e. The van der Waals surface area contributed by atoms with Gasteiger partial charge >= 0.3 is 5.97 Å². The first-order valence-electron chi connectivity index (χ1n) is 12.3. The van der Waals surface area contributed by atoms with Crippen LogP contribution >= 0.6 is 0 Å². The van der Waals surface area contributed by atoms with Gasteiger partial charge in [-0.3, -0.25) is 9.78 Å². The van der Waals surface area contributed by atoms with Crippen LogP contribution in [0.4, 0.5) is 0 Å². The van der Waals surface area contributed by atoms with Gasteiger partial charge in [0.15, 0.2) is 0 Å². The first kappa shape index (κ1) is 22.1. The number of benzene rings is 1. The third kappa shape index (κ3) is 4.41. The molecule has 0 N–H and O–H groups in total. The lowest BCUT2D eigenvalue weighted by Crippen LogP contribution is -2.43. The van der Waals surface area contributed by atoms with Gasteiger partial charge in [0.1, 0.15) is 5.60 Å². The highest BCUT2D eigenvalue weighted by Gasteiger charge is 2.48. The molecule has 0 unspecified atom stereocenters. The van der Waals surface area contributed by atoms with Crippen LogP contribution in [-0.2, 0) is 15.1 Å². The van der Waals surface area contributed by atoms with E-state index in [0.717, 1.165) is 55.7 Å². The van der Waals surface area contributed by atoms with E-state index in [1.54, 1.807) is 12.4 Å². The fourth-order valence-electron chi connectivity index (χ4n) is 5.71. The molecule has 174 valence electrons. The number of amides is 1. The second-order valence-corrected chi connectivity index (χ2v) is 9.82. The van der Waals surface area contributed by atoms with Crippen molar-refractivity contribution >= 4 is 11.9 Å². The van der Waals surface area contributed by atoms with Crippen LogP contribution in [0.3, 0.4) is 0 Å². The summed E-state index contributed by atoms with van der Waals surface area (Å²) in [5, 5.41) is 0. The highest BCUT2D eigenvalue weighted by atomic mass is 16.6. The zero-order chi connectivity index (χ0) is 22.8. The minimum absolute atomic E-state index is 0.0133. The molecule has 0 bridgehead atoms. The van der Waals surface area contributed by atoms with Gasteiger partial charge in [0.25, 0.3) is 0 Å². The van der Waals surface area contributed by atoms with Gasteiger partial charge in [-0.15, -0.1) is 0 Å². The monoisotopic (exact) mass is 447 g/mol.